The summed E-state index contributed by atoms with van der Waals surface area (Å²) >= 11 is 5.72. The summed E-state index contributed by atoms with van der Waals surface area (Å²) in [5.41, 5.74) is 29.7. The maximum Gasteiger partial charge on any atom is 0.0709 e. The molecule has 149 heavy (non-hydrogen) atoms. The lowest BCUT2D eigenvalue weighted by Crippen LogP contribution is -1.95. The Balaban J connectivity index is 0.000000102. The summed E-state index contributed by atoms with van der Waals surface area (Å²) in [6.07, 6.45) is 0. The van der Waals surface area contributed by atoms with Crippen molar-refractivity contribution in [2.24, 2.45) is 0 Å². The zero-order chi connectivity index (χ0) is 97.6. The first kappa shape index (κ1) is 84.6. The lowest BCUT2D eigenvalue weighted by atomic mass is 10.0. The predicted octanol–water partition coefficient (Wildman–Crippen LogP) is 38.5. The molecule has 0 spiro atoms. The number of hydrogen-bond donors (Lipinski definition) is 0. The molecule has 0 saturated carbocycles. The van der Waals surface area contributed by atoms with Crippen LogP contribution in [0, 0.1) is 0 Å². The molecule has 0 bridgehead atoms. The molecule has 11 heterocycles. The second kappa shape index (κ2) is 33.9. The quantitative estimate of drug-likeness (QED) is 0.137. The van der Waals surface area contributed by atoms with Crippen molar-refractivity contribution in [3.05, 3.63) is 510 Å². The molecule has 0 aliphatic carbocycles. The third kappa shape index (κ3) is 13.3. The van der Waals surface area contributed by atoms with Crippen molar-refractivity contribution in [2.45, 2.75) is 0 Å². The molecule has 0 saturated heterocycles. The van der Waals surface area contributed by atoms with Crippen LogP contribution >= 0.6 is 34.0 Å². The molecule has 0 unspecified atom stereocenters. The Morgan fingerprint density at radius 2 is 0.403 bits per heavy atom. The molecular weight excluding hydrogens is 1870 g/mol. The first-order valence-electron chi connectivity index (χ1n) is 50.7. The van der Waals surface area contributed by atoms with Crippen molar-refractivity contribution in [3.63, 3.8) is 0 Å². The van der Waals surface area contributed by atoms with Crippen molar-refractivity contribution in [3.8, 4) is 79.2 Å². The summed E-state index contributed by atoms with van der Waals surface area (Å²) < 4.78 is 22.6. The minimum absolute atomic E-state index is 0.963. The minimum Gasteiger partial charge on any atom is -0.309 e. The standard InChI is InChI=1S/C51H31N3S.C47H29N3S.C40H24N2S/c1-4-14-33(15-5-1)42-21-12-22-43(52-42)34-23-26-44-39(29-34)40-30-41-47(31-46(40)53(44)35-16-6-2-7-17-35)54(36-18-8-3-9-19-36)45-27-25-38-49-37-20-11-10-13-32(37)24-28-48(49)55-51(38)50(41)45;1-4-13-30(14-5-1)39-20-12-21-40(48-39)31-23-25-41-36(27-31)37-28-38-44(29-43(37)49(41)32-15-6-2-7-16-32)50(33-17-8-3-9-18-33)42-26-24-35-34-19-10-11-22-45(34)51-47(35)46(38)42;1-3-12-26(13-4-1)41-33-21-19-25-11-7-8-16-28(25)38(33)31-23-32-36(24-35(31)41)42(27-14-5-2-6-15-27)34-22-20-30-29-17-9-10-18-37(29)43-40(30)39(32)34/h1-31H;1-29H;1-24H. The Morgan fingerprint density at radius 1 is 0.134 bits per heavy atom. The first-order valence-corrected chi connectivity index (χ1v) is 53.2. The molecule has 33 rings (SSSR count). The lowest BCUT2D eigenvalue weighted by Gasteiger charge is -2.10. The monoisotopic (exact) mass is 1950 g/mol. The van der Waals surface area contributed by atoms with Gasteiger partial charge in [-0.1, -0.05) is 309 Å². The molecule has 0 atom stereocenters. The lowest BCUT2D eigenvalue weighted by molar-refractivity contribution is 1.16. The first-order chi connectivity index (χ1) is 73.9. The van der Waals surface area contributed by atoms with E-state index in [1.165, 1.54) is 224 Å². The van der Waals surface area contributed by atoms with E-state index in [2.05, 4.69) is 525 Å². The van der Waals surface area contributed by atoms with Gasteiger partial charge >= 0.3 is 0 Å². The summed E-state index contributed by atoms with van der Waals surface area (Å²) in [5, 5.41) is 28.3. The average Bonchev–Trinajstić information content (AvgIpc) is 1.54. The highest BCUT2D eigenvalue weighted by Crippen LogP contribution is 2.53. The fourth-order valence-electron chi connectivity index (χ4n) is 24.2. The van der Waals surface area contributed by atoms with E-state index in [4.69, 9.17) is 9.97 Å². The van der Waals surface area contributed by atoms with Gasteiger partial charge in [0, 0.05) is 182 Å². The smallest absolute Gasteiger partial charge is 0.0709 e. The molecular formula is C138H84N8S3. The van der Waals surface area contributed by atoms with E-state index in [9.17, 15) is 0 Å². The maximum absolute atomic E-state index is 5.16. The molecule has 33 aromatic rings. The third-order valence-electron chi connectivity index (χ3n) is 30.7. The van der Waals surface area contributed by atoms with Gasteiger partial charge < -0.3 is 27.4 Å². The second-order valence-corrected chi connectivity index (χ2v) is 42.0. The van der Waals surface area contributed by atoms with E-state index in [0.717, 1.165) is 67.8 Å². The van der Waals surface area contributed by atoms with Crippen LogP contribution in [0.2, 0.25) is 0 Å². The highest BCUT2D eigenvalue weighted by molar-refractivity contribution is 7.28. The summed E-state index contributed by atoms with van der Waals surface area (Å²) in [7, 11) is 0. The van der Waals surface area contributed by atoms with E-state index >= 15 is 0 Å². The van der Waals surface area contributed by atoms with Crippen molar-refractivity contribution in [1.29, 1.82) is 0 Å². The van der Waals surface area contributed by atoms with E-state index in [0.29, 0.717) is 0 Å². The van der Waals surface area contributed by atoms with Gasteiger partial charge in [0.1, 0.15) is 0 Å². The molecule has 0 aliphatic rings. The van der Waals surface area contributed by atoms with Crippen LogP contribution in [-0.2, 0) is 0 Å². The van der Waals surface area contributed by atoms with Crippen molar-refractivity contribution < 1.29 is 0 Å². The summed E-state index contributed by atoms with van der Waals surface area (Å²) in [6, 6.07) is 185. The molecule has 694 valence electrons. The van der Waals surface area contributed by atoms with Gasteiger partial charge in [0.2, 0.25) is 0 Å². The zero-order valence-electron chi connectivity index (χ0n) is 80.3. The van der Waals surface area contributed by atoms with E-state index in [-0.39, 0.29) is 0 Å². The fourth-order valence-corrected chi connectivity index (χ4v) is 27.9. The van der Waals surface area contributed by atoms with Crippen LogP contribution in [0.15, 0.2) is 510 Å². The number of benzene rings is 22. The number of nitrogens with zero attached hydrogens (tertiary/aromatic N) is 8. The Hall–Kier alpha value is -18.9. The van der Waals surface area contributed by atoms with Crippen LogP contribution < -0.4 is 0 Å². The van der Waals surface area contributed by atoms with E-state index in [1.807, 2.05) is 46.1 Å². The number of pyridine rings is 2. The van der Waals surface area contributed by atoms with Crippen LogP contribution in [-0.4, -0.2) is 37.4 Å². The zero-order valence-corrected chi connectivity index (χ0v) is 82.7. The van der Waals surface area contributed by atoms with E-state index < -0.39 is 0 Å². The topological polar surface area (TPSA) is 55.4 Å². The second-order valence-electron chi connectivity index (χ2n) is 38.8. The maximum atomic E-state index is 5.16. The number of thiophene rings is 3. The van der Waals surface area contributed by atoms with Crippen LogP contribution in [0.4, 0.5) is 0 Å². The van der Waals surface area contributed by atoms with Gasteiger partial charge in [-0.25, -0.2) is 9.97 Å². The van der Waals surface area contributed by atoms with E-state index in [1.54, 1.807) is 0 Å². The summed E-state index contributed by atoms with van der Waals surface area (Å²) in [4.78, 5) is 10.3. The molecule has 0 radical (unpaired) electrons. The predicted molar refractivity (Wildman–Crippen MR) is 636 cm³/mol. The van der Waals surface area contributed by atoms with Gasteiger partial charge in [-0.15, -0.1) is 34.0 Å². The Bertz CT molecular complexity index is 11300. The minimum atomic E-state index is 0.963. The highest BCUT2D eigenvalue weighted by atomic mass is 32.1. The van der Waals surface area contributed by atoms with Gasteiger partial charge in [-0.3, -0.25) is 0 Å². The summed E-state index contributed by atoms with van der Waals surface area (Å²) in [5.74, 6) is 0. The summed E-state index contributed by atoms with van der Waals surface area (Å²) in [6.45, 7) is 0. The molecule has 8 nitrogen and oxygen atoms in total. The van der Waals surface area contributed by atoms with Crippen molar-refractivity contribution >= 4 is 247 Å². The normalized spacial score (nSPS) is 12.0. The largest absolute Gasteiger partial charge is 0.309 e. The number of hydrogen-bond acceptors (Lipinski definition) is 5. The number of fused-ring (bicyclic) bond motifs is 34. The Morgan fingerprint density at radius 3 is 0.799 bits per heavy atom. The molecule has 11 aromatic heterocycles. The molecule has 0 fully saturated rings. The number of rotatable bonds is 10. The van der Waals surface area contributed by atoms with Gasteiger partial charge in [-0.2, -0.15) is 0 Å². The number of aromatic nitrogens is 8. The van der Waals surface area contributed by atoms with Gasteiger partial charge in [0.15, 0.2) is 0 Å². The van der Waals surface area contributed by atoms with Crippen molar-refractivity contribution in [2.75, 3.05) is 0 Å². The molecule has 0 amide bonds. The third-order valence-corrected chi connectivity index (χ3v) is 34.3. The van der Waals surface area contributed by atoms with Gasteiger partial charge in [0.05, 0.1) is 89.0 Å². The highest BCUT2D eigenvalue weighted by Gasteiger charge is 2.29. The van der Waals surface area contributed by atoms with Crippen LogP contribution in [0.5, 0.6) is 0 Å². The molecule has 0 N–H and O–H groups in total. The van der Waals surface area contributed by atoms with Crippen LogP contribution in [0.25, 0.3) is 292 Å². The van der Waals surface area contributed by atoms with Gasteiger partial charge in [0.25, 0.3) is 0 Å². The van der Waals surface area contributed by atoms with Gasteiger partial charge in [-0.05, 0) is 222 Å². The fraction of sp³-hybridized carbons (Fsp3) is 0. The number of para-hydroxylation sites is 6. The SMILES string of the molecule is c1ccc(-c2cccc(-c3ccc4c(c3)c3cc5c6c7sc8ccc9ccccc9c8c7ccc6n(-c6ccccc6)c5cc3n4-c3ccccc3)n2)cc1.c1ccc(-c2cccc(-c3ccc4c(c3)c3cc5c6c7sc8ccccc8c7ccc6n(-c6ccccc6)c5cc3n4-c3ccccc3)n2)cc1.c1ccc(-n2c3cc4c(cc3c3c5ccccc5ccc32)c2c3sc5ccccc5c3ccc2n4-c2ccccc2)cc1. The molecule has 0 aliphatic heterocycles. The Labute approximate surface area is 866 Å². The van der Waals surface area contributed by atoms with Crippen LogP contribution in [0.1, 0.15) is 0 Å². The average molecular weight is 1950 g/mol. The van der Waals surface area contributed by atoms with Crippen LogP contribution in [0.3, 0.4) is 0 Å². The molecule has 11 heteroatoms. The molecule has 22 aromatic carbocycles. The van der Waals surface area contributed by atoms with Crippen molar-refractivity contribution in [1.82, 2.24) is 37.4 Å². The Kier molecular flexibility index (Phi) is 19.2.